The molecule has 0 aromatic rings. The zero-order chi connectivity index (χ0) is 15.0. The van der Waals surface area contributed by atoms with Crippen molar-refractivity contribution in [1.82, 2.24) is 15.5 Å². The minimum Gasteiger partial charge on any atom is -0.395 e. The maximum Gasteiger partial charge on any atom is 0.316 e. The molecule has 20 heavy (non-hydrogen) atoms. The summed E-state index contributed by atoms with van der Waals surface area (Å²) in [6.45, 7) is 0.661. The number of carbonyl (C=O) groups is 3. The molecule has 8 nitrogen and oxygen atoms in total. The van der Waals surface area contributed by atoms with E-state index in [1.165, 1.54) is 0 Å². The SMILES string of the molecule is O=C(NC(=O)C1CCNCC1)C(=O)N(CCO)CCO. The van der Waals surface area contributed by atoms with Crippen molar-refractivity contribution >= 4 is 17.7 Å². The van der Waals surface area contributed by atoms with Crippen molar-refractivity contribution in [3.8, 4) is 0 Å². The number of rotatable bonds is 5. The Morgan fingerprint density at radius 2 is 1.65 bits per heavy atom. The molecule has 0 radical (unpaired) electrons. The van der Waals surface area contributed by atoms with E-state index in [1.54, 1.807) is 0 Å². The molecule has 0 bridgehead atoms. The molecular weight excluding hydrogens is 266 g/mol. The number of amides is 3. The molecule has 0 saturated carbocycles. The Bertz CT molecular complexity index is 349. The Kier molecular flexibility index (Phi) is 7.13. The van der Waals surface area contributed by atoms with Crippen molar-refractivity contribution < 1.29 is 24.6 Å². The minimum absolute atomic E-state index is 0.0612. The van der Waals surface area contributed by atoms with Gasteiger partial charge in [-0.15, -0.1) is 0 Å². The first-order valence-electron chi connectivity index (χ1n) is 6.66. The average Bonchev–Trinajstić information content (AvgIpc) is 2.47. The molecule has 0 unspecified atom stereocenters. The number of carbonyl (C=O) groups excluding carboxylic acids is 3. The van der Waals surface area contributed by atoms with E-state index in [9.17, 15) is 14.4 Å². The Labute approximate surface area is 117 Å². The first kappa shape index (κ1) is 16.5. The smallest absolute Gasteiger partial charge is 0.316 e. The Morgan fingerprint density at radius 1 is 1.10 bits per heavy atom. The fourth-order valence-corrected chi connectivity index (χ4v) is 2.05. The Morgan fingerprint density at radius 3 is 2.15 bits per heavy atom. The van der Waals surface area contributed by atoms with Gasteiger partial charge in [-0.25, -0.2) is 0 Å². The zero-order valence-electron chi connectivity index (χ0n) is 11.3. The van der Waals surface area contributed by atoms with Gasteiger partial charge in [0.25, 0.3) is 0 Å². The van der Waals surface area contributed by atoms with Gasteiger partial charge in [-0.3, -0.25) is 19.7 Å². The Hall–Kier alpha value is -1.51. The summed E-state index contributed by atoms with van der Waals surface area (Å²) in [6.07, 6.45) is 1.26. The molecule has 0 spiro atoms. The second kappa shape index (κ2) is 8.62. The lowest BCUT2D eigenvalue weighted by Crippen LogP contribution is -2.49. The molecule has 0 aromatic heterocycles. The summed E-state index contributed by atoms with van der Waals surface area (Å²) >= 11 is 0. The first-order valence-corrected chi connectivity index (χ1v) is 6.66. The third-order valence-electron chi connectivity index (χ3n) is 3.17. The predicted octanol–water partition coefficient (Wildman–Crippen LogP) is -2.56. The largest absolute Gasteiger partial charge is 0.395 e. The number of nitrogens with zero attached hydrogens (tertiary/aromatic N) is 1. The number of hydrogen-bond donors (Lipinski definition) is 4. The highest BCUT2D eigenvalue weighted by molar-refractivity contribution is 6.37. The molecule has 114 valence electrons. The number of nitrogens with one attached hydrogen (secondary N) is 2. The van der Waals surface area contributed by atoms with Crippen LogP contribution in [0.4, 0.5) is 0 Å². The quantitative estimate of drug-likeness (QED) is 0.413. The summed E-state index contributed by atoms with van der Waals surface area (Å²) in [5.74, 6) is -2.65. The second-order valence-electron chi connectivity index (χ2n) is 4.58. The van der Waals surface area contributed by atoms with Crippen LogP contribution in [-0.4, -0.2) is 72.2 Å². The van der Waals surface area contributed by atoms with Crippen LogP contribution in [0.3, 0.4) is 0 Å². The maximum atomic E-state index is 11.8. The average molecular weight is 287 g/mol. The van der Waals surface area contributed by atoms with Gasteiger partial charge < -0.3 is 20.4 Å². The Balaban J connectivity index is 2.50. The third kappa shape index (κ3) is 4.87. The molecule has 1 rings (SSSR count). The second-order valence-corrected chi connectivity index (χ2v) is 4.58. The van der Waals surface area contributed by atoms with Crippen molar-refractivity contribution in [2.24, 2.45) is 5.92 Å². The molecule has 1 aliphatic heterocycles. The van der Waals surface area contributed by atoms with Gasteiger partial charge in [0.1, 0.15) is 0 Å². The lowest BCUT2D eigenvalue weighted by molar-refractivity contribution is -0.149. The van der Waals surface area contributed by atoms with E-state index in [1.807, 2.05) is 0 Å². The summed E-state index contributed by atoms with van der Waals surface area (Å²) in [5, 5.41) is 22.8. The van der Waals surface area contributed by atoms with Crippen LogP contribution in [0.2, 0.25) is 0 Å². The van der Waals surface area contributed by atoms with Crippen LogP contribution in [0.5, 0.6) is 0 Å². The van der Waals surface area contributed by atoms with E-state index in [2.05, 4.69) is 10.6 Å². The van der Waals surface area contributed by atoms with Crippen molar-refractivity contribution in [2.45, 2.75) is 12.8 Å². The van der Waals surface area contributed by atoms with Crippen LogP contribution in [0.15, 0.2) is 0 Å². The van der Waals surface area contributed by atoms with Gasteiger partial charge >= 0.3 is 11.8 Å². The number of aliphatic hydroxyl groups is 2. The van der Waals surface area contributed by atoms with E-state index < -0.39 is 17.7 Å². The molecule has 4 N–H and O–H groups in total. The summed E-state index contributed by atoms with van der Waals surface area (Å²) in [6, 6.07) is 0. The molecule has 0 aliphatic carbocycles. The van der Waals surface area contributed by atoms with Crippen molar-refractivity contribution in [3.63, 3.8) is 0 Å². The summed E-state index contributed by atoms with van der Waals surface area (Å²) in [5.41, 5.74) is 0. The van der Waals surface area contributed by atoms with E-state index in [4.69, 9.17) is 10.2 Å². The first-order chi connectivity index (χ1) is 9.60. The van der Waals surface area contributed by atoms with Gasteiger partial charge in [0.2, 0.25) is 5.91 Å². The zero-order valence-corrected chi connectivity index (χ0v) is 11.3. The van der Waals surface area contributed by atoms with Gasteiger partial charge in [0.15, 0.2) is 0 Å². The van der Waals surface area contributed by atoms with Crippen LogP contribution in [0.1, 0.15) is 12.8 Å². The maximum absolute atomic E-state index is 11.8. The summed E-state index contributed by atoms with van der Waals surface area (Å²) < 4.78 is 0. The van der Waals surface area contributed by atoms with Crippen molar-refractivity contribution in [1.29, 1.82) is 0 Å². The molecular formula is C12H21N3O5. The highest BCUT2D eigenvalue weighted by Gasteiger charge is 2.27. The van der Waals surface area contributed by atoms with E-state index >= 15 is 0 Å². The topological polar surface area (TPSA) is 119 Å². The van der Waals surface area contributed by atoms with Gasteiger partial charge in [0.05, 0.1) is 13.2 Å². The van der Waals surface area contributed by atoms with Crippen LogP contribution >= 0.6 is 0 Å². The highest BCUT2D eigenvalue weighted by Crippen LogP contribution is 2.11. The number of piperidine rings is 1. The number of imide groups is 1. The molecule has 0 atom stereocenters. The standard InChI is InChI=1S/C12H21N3O5/c16-7-5-15(6-8-17)12(20)11(19)14-10(18)9-1-3-13-4-2-9/h9,13,16-17H,1-8H2,(H,14,18,19). The van der Waals surface area contributed by atoms with Gasteiger partial charge in [-0.2, -0.15) is 0 Å². The summed E-state index contributed by atoms with van der Waals surface area (Å²) in [4.78, 5) is 36.3. The monoisotopic (exact) mass is 287 g/mol. The predicted molar refractivity (Wildman–Crippen MR) is 69.5 cm³/mol. The summed E-state index contributed by atoms with van der Waals surface area (Å²) in [7, 11) is 0. The molecule has 1 aliphatic rings. The molecule has 1 fully saturated rings. The van der Waals surface area contributed by atoms with E-state index in [0.717, 1.165) is 4.90 Å². The lowest BCUT2D eigenvalue weighted by Gasteiger charge is -2.23. The van der Waals surface area contributed by atoms with Crippen LogP contribution in [0, 0.1) is 5.92 Å². The number of aliphatic hydroxyl groups excluding tert-OH is 2. The molecule has 0 aromatic carbocycles. The van der Waals surface area contributed by atoms with Gasteiger partial charge in [0, 0.05) is 19.0 Å². The lowest BCUT2D eigenvalue weighted by atomic mass is 9.97. The highest BCUT2D eigenvalue weighted by atomic mass is 16.3. The van der Waals surface area contributed by atoms with Crippen LogP contribution < -0.4 is 10.6 Å². The molecule has 8 heteroatoms. The van der Waals surface area contributed by atoms with Crippen LogP contribution in [-0.2, 0) is 14.4 Å². The van der Waals surface area contributed by atoms with Gasteiger partial charge in [-0.1, -0.05) is 0 Å². The third-order valence-corrected chi connectivity index (χ3v) is 3.17. The van der Waals surface area contributed by atoms with Gasteiger partial charge in [-0.05, 0) is 25.9 Å². The van der Waals surface area contributed by atoms with E-state index in [-0.39, 0.29) is 32.2 Å². The number of hydrogen-bond acceptors (Lipinski definition) is 6. The van der Waals surface area contributed by atoms with Crippen molar-refractivity contribution in [3.05, 3.63) is 0 Å². The van der Waals surface area contributed by atoms with Crippen LogP contribution in [0.25, 0.3) is 0 Å². The fourth-order valence-electron chi connectivity index (χ4n) is 2.05. The minimum atomic E-state index is -1.02. The normalized spacial score (nSPS) is 15.7. The van der Waals surface area contributed by atoms with E-state index in [0.29, 0.717) is 25.9 Å². The van der Waals surface area contributed by atoms with Crippen molar-refractivity contribution in [2.75, 3.05) is 39.4 Å². The molecule has 1 heterocycles. The molecule has 3 amide bonds. The fraction of sp³-hybridized carbons (Fsp3) is 0.750. The molecule has 1 saturated heterocycles.